The van der Waals surface area contributed by atoms with Crippen LogP contribution in [0.15, 0.2) is 51.5 Å². The van der Waals surface area contributed by atoms with Gasteiger partial charge in [0.05, 0.1) is 26.6 Å². The van der Waals surface area contributed by atoms with Gasteiger partial charge in [0.25, 0.3) is 11.5 Å². The van der Waals surface area contributed by atoms with Crippen LogP contribution in [-0.2, 0) is 17.6 Å². The van der Waals surface area contributed by atoms with Crippen molar-refractivity contribution < 1.29 is 9.90 Å². The Kier molecular flexibility index (Phi) is 8.22. The lowest BCUT2D eigenvalue weighted by atomic mass is 9.97. The molecule has 0 saturated heterocycles. The van der Waals surface area contributed by atoms with Crippen LogP contribution >= 0.6 is 68.3 Å². The molecule has 37 heavy (non-hydrogen) atoms. The van der Waals surface area contributed by atoms with E-state index < -0.39 is 0 Å². The first kappa shape index (κ1) is 26.6. The summed E-state index contributed by atoms with van der Waals surface area (Å²) in [4.78, 5) is 33.3. The molecule has 0 bridgehead atoms. The number of hydrazone groups is 1. The van der Waals surface area contributed by atoms with Crippen molar-refractivity contribution >= 4 is 90.6 Å². The number of aromatic hydroxyl groups is 1. The second kappa shape index (κ2) is 11.4. The maximum absolute atomic E-state index is 13.8. The third-order valence-corrected chi connectivity index (χ3v) is 9.60. The first-order valence-electron chi connectivity index (χ1n) is 11.6. The maximum atomic E-state index is 13.8. The first-order chi connectivity index (χ1) is 17.8. The zero-order chi connectivity index (χ0) is 26.1. The van der Waals surface area contributed by atoms with Crippen LogP contribution in [-0.4, -0.2) is 32.5 Å². The number of phenolic OH excluding ortho intramolecular Hbond substituents is 1. The van der Waals surface area contributed by atoms with Gasteiger partial charge in [-0.3, -0.25) is 14.2 Å². The number of phenols is 1. The summed E-state index contributed by atoms with van der Waals surface area (Å²) >= 11 is 7.01. The van der Waals surface area contributed by atoms with Crippen LogP contribution in [0.3, 0.4) is 0 Å². The second-order valence-electron chi connectivity index (χ2n) is 8.67. The molecule has 2 N–H and O–H groups in total. The van der Waals surface area contributed by atoms with Crippen LogP contribution in [0.5, 0.6) is 5.75 Å². The van der Waals surface area contributed by atoms with Crippen LogP contribution in [0.2, 0.25) is 0 Å². The average molecular weight is 756 g/mol. The van der Waals surface area contributed by atoms with Gasteiger partial charge in [0.1, 0.15) is 10.6 Å². The van der Waals surface area contributed by atoms with E-state index in [0.29, 0.717) is 19.7 Å². The highest BCUT2D eigenvalue weighted by molar-refractivity contribution is 14.1. The van der Waals surface area contributed by atoms with Gasteiger partial charge in [-0.15, -0.1) is 11.3 Å². The minimum Gasteiger partial charge on any atom is -0.506 e. The Balaban J connectivity index is 1.42. The number of thiophene rings is 1. The summed E-state index contributed by atoms with van der Waals surface area (Å²) in [6, 6.07) is 11.4. The number of benzene rings is 2. The van der Waals surface area contributed by atoms with Crippen LogP contribution < -0.4 is 11.0 Å². The lowest BCUT2D eigenvalue weighted by molar-refractivity contribution is -0.118. The van der Waals surface area contributed by atoms with Gasteiger partial charge in [0.15, 0.2) is 5.16 Å². The molecule has 0 spiro atoms. The number of nitrogens with zero attached hydrogens (tertiary/aromatic N) is 3. The lowest BCUT2D eigenvalue weighted by Gasteiger charge is -2.13. The van der Waals surface area contributed by atoms with Crippen molar-refractivity contribution in [3.05, 3.63) is 75.5 Å². The van der Waals surface area contributed by atoms with E-state index in [4.69, 9.17) is 4.98 Å². The van der Waals surface area contributed by atoms with E-state index in [1.807, 2.05) is 59.8 Å². The van der Waals surface area contributed by atoms with Gasteiger partial charge in [-0.1, -0.05) is 29.5 Å². The minimum atomic E-state index is -0.337. The fourth-order valence-electron chi connectivity index (χ4n) is 4.23. The number of aryl methyl sites for hydroxylation is 3. The lowest BCUT2D eigenvalue weighted by Crippen LogP contribution is -2.24. The fourth-order valence-corrected chi connectivity index (χ4v) is 8.22. The molecule has 0 radical (unpaired) electrons. The number of hydrogen-bond donors (Lipinski definition) is 2. The Hall–Kier alpha value is -1.97. The summed E-state index contributed by atoms with van der Waals surface area (Å²) in [5, 5.41) is 15.4. The third-order valence-electron chi connectivity index (χ3n) is 6.03. The molecular weight excluding hydrogens is 734 g/mol. The van der Waals surface area contributed by atoms with E-state index in [1.54, 1.807) is 22.0 Å². The number of fused-ring (bicyclic) bond motifs is 3. The Morgan fingerprint density at radius 2 is 2.00 bits per heavy atom. The average Bonchev–Trinajstić information content (AvgIpc) is 3.25. The molecule has 2 heterocycles. The molecule has 0 atom stereocenters. The predicted molar refractivity (Wildman–Crippen MR) is 167 cm³/mol. The Morgan fingerprint density at radius 1 is 1.24 bits per heavy atom. The standard InChI is InChI=1S/C26H22I2N4O3S2/c1-14-6-8-17(9-7-14)32-25(35)22-18-4-2-3-5-20(18)37-24(22)30-26(32)36-13-21(33)31-29-12-15-10-16(27)11-19(28)23(15)34/h6-12,34H,2-5,13H2,1H3,(H,31,33). The number of aromatic nitrogens is 2. The third kappa shape index (κ3) is 5.73. The van der Waals surface area contributed by atoms with Crippen LogP contribution in [0, 0.1) is 14.1 Å². The topological polar surface area (TPSA) is 96.6 Å². The van der Waals surface area contributed by atoms with E-state index >= 15 is 0 Å². The SMILES string of the molecule is Cc1ccc(-n2c(SCC(=O)NN=Cc3cc(I)cc(I)c3O)nc3sc4c(c3c2=O)CCCC4)cc1. The molecule has 0 unspecified atom stereocenters. The molecule has 5 rings (SSSR count). The number of rotatable bonds is 6. The molecule has 1 aliphatic rings. The normalized spacial score (nSPS) is 13.3. The van der Waals surface area contributed by atoms with Crippen molar-refractivity contribution in [2.45, 2.75) is 37.8 Å². The molecule has 1 aliphatic carbocycles. The smallest absolute Gasteiger partial charge is 0.267 e. The molecule has 2 aromatic carbocycles. The first-order valence-corrected chi connectivity index (χ1v) is 15.5. The van der Waals surface area contributed by atoms with Crippen molar-refractivity contribution in [3.8, 4) is 11.4 Å². The number of nitrogens with one attached hydrogen (secondary N) is 1. The second-order valence-corrected chi connectivity index (χ2v) is 13.1. The maximum Gasteiger partial charge on any atom is 0.267 e. The summed E-state index contributed by atoms with van der Waals surface area (Å²) in [5.74, 6) is -0.190. The van der Waals surface area contributed by atoms with E-state index in [1.165, 1.54) is 22.9 Å². The van der Waals surface area contributed by atoms with Crippen molar-refractivity contribution in [1.29, 1.82) is 0 Å². The number of carbonyl (C=O) groups is 1. The van der Waals surface area contributed by atoms with Gasteiger partial charge < -0.3 is 5.11 Å². The Labute approximate surface area is 249 Å². The number of hydrogen-bond acceptors (Lipinski definition) is 7. The van der Waals surface area contributed by atoms with Crippen molar-refractivity contribution in [2.24, 2.45) is 5.10 Å². The van der Waals surface area contributed by atoms with Gasteiger partial charge in [0.2, 0.25) is 0 Å². The van der Waals surface area contributed by atoms with Crippen molar-refractivity contribution in [2.75, 3.05) is 5.75 Å². The Morgan fingerprint density at radius 3 is 2.78 bits per heavy atom. The van der Waals surface area contributed by atoms with Crippen LogP contribution in [0.4, 0.5) is 0 Å². The summed E-state index contributed by atoms with van der Waals surface area (Å²) < 4.78 is 3.28. The summed E-state index contributed by atoms with van der Waals surface area (Å²) in [6.07, 6.45) is 5.53. The number of halogens is 2. The molecule has 11 heteroatoms. The molecule has 2 aromatic heterocycles. The molecule has 7 nitrogen and oxygen atoms in total. The minimum absolute atomic E-state index is 0.0298. The van der Waals surface area contributed by atoms with Gasteiger partial charge >= 0.3 is 0 Å². The molecular formula is C26H22I2N4O3S2. The summed E-state index contributed by atoms with van der Waals surface area (Å²) in [6.45, 7) is 2.00. The molecule has 0 aliphatic heterocycles. The highest BCUT2D eigenvalue weighted by Crippen LogP contribution is 2.35. The highest BCUT2D eigenvalue weighted by Gasteiger charge is 2.23. The van der Waals surface area contributed by atoms with Gasteiger partial charge in [-0.25, -0.2) is 10.4 Å². The van der Waals surface area contributed by atoms with Crippen molar-refractivity contribution in [1.82, 2.24) is 15.0 Å². The molecule has 0 saturated carbocycles. The van der Waals surface area contributed by atoms with E-state index in [-0.39, 0.29) is 23.0 Å². The predicted octanol–water partition coefficient (Wildman–Crippen LogP) is 5.79. The zero-order valence-corrected chi connectivity index (χ0v) is 25.7. The molecule has 4 aromatic rings. The zero-order valence-electron chi connectivity index (χ0n) is 19.8. The quantitative estimate of drug-likeness (QED) is 0.0855. The Bertz CT molecular complexity index is 1600. The van der Waals surface area contributed by atoms with Gasteiger partial charge in [0, 0.05) is 14.0 Å². The van der Waals surface area contributed by atoms with Crippen LogP contribution in [0.1, 0.15) is 34.4 Å². The highest BCUT2D eigenvalue weighted by atomic mass is 127. The largest absolute Gasteiger partial charge is 0.506 e. The molecule has 190 valence electrons. The number of thioether (sulfide) groups is 1. The van der Waals surface area contributed by atoms with E-state index in [9.17, 15) is 14.7 Å². The van der Waals surface area contributed by atoms with Crippen molar-refractivity contribution in [3.63, 3.8) is 0 Å². The van der Waals surface area contributed by atoms with E-state index in [2.05, 4.69) is 33.1 Å². The van der Waals surface area contributed by atoms with Crippen LogP contribution in [0.25, 0.3) is 15.9 Å². The van der Waals surface area contributed by atoms with Gasteiger partial charge in [-0.2, -0.15) is 5.10 Å². The summed E-state index contributed by atoms with van der Waals surface area (Å²) in [5.41, 5.74) is 5.91. The number of carbonyl (C=O) groups excluding carboxylic acids is 1. The van der Waals surface area contributed by atoms with Gasteiger partial charge in [-0.05, 0) is 108 Å². The number of amides is 1. The summed E-state index contributed by atoms with van der Waals surface area (Å²) in [7, 11) is 0. The molecule has 1 amide bonds. The molecule has 0 fully saturated rings. The monoisotopic (exact) mass is 756 g/mol. The fraction of sp³-hybridized carbons (Fsp3) is 0.231. The van der Waals surface area contributed by atoms with E-state index in [0.717, 1.165) is 50.9 Å².